The van der Waals surface area contributed by atoms with Crippen LogP contribution in [-0.4, -0.2) is 84.3 Å². The summed E-state index contributed by atoms with van der Waals surface area (Å²) in [5.74, 6) is -0.0526. The normalized spacial score (nSPS) is 21.2. The molecule has 2 aliphatic rings. The monoisotopic (exact) mass is 452 g/mol. The van der Waals surface area contributed by atoms with Gasteiger partial charge < -0.3 is 18.1 Å². The van der Waals surface area contributed by atoms with Gasteiger partial charge in [-0.05, 0) is 0 Å². The van der Waals surface area contributed by atoms with E-state index in [0.29, 0.717) is 13.2 Å². The number of morpholine rings is 2. The maximum Gasteiger partial charge on any atom is 0.480 e. The molecule has 0 atom stereocenters. The molecule has 0 aromatic carbocycles. The van der Waals surface area contributed by atoms with Gasteiger partial charge in [0.25, 0.3) is 0 Å². The molecule has 0 radical (unpaired) electrons. The average molecular weight is 452 g/mol. The van der Waals surface area contributed by atoms with Gasteiger partial charge in [-0.15, -0.1) is 0 Å². The van der Waals surface area contributed by atoms with Gasteiger partial charge in [-0.25, -0.2) is 21.6 Å². The van der Waals surface area contributed by atoms with Gasteiger partial charge in [0.2, 0.25) is 0 Å². The quantitative estimate of drug-likeness (QED) is 0.339. The van der Waals surface area contributed by atoms with Crippen molar-refractivity contribution in [1.82, 2.24) is 0 Å². The predicted molar refractivity (Wildman–Crippen MR) is 74.8 cm³/mol. The van der Waals surface area contributed by atoms with Crippen LogP contribution in [-0.2, 0) is 34.3 Å². The van der Waals surface area contributed by atoms with Crippen LogP contribution in [0.3, 0.4) is 0 Å². The molecule has 0 amide bonds. The molecule has 9 nitrogen and oxygen atoms in total. The number of hydrogen-bond donors (Lipinski definition) is 0. The number of hydrogen-bond acceptors (Lipinski definition) is 7. The number of carbonyl (C=O) groups is 1. The van der Waals surface area contributed by atoms with E-state index in [1.54, 1.807) is 0 Å². The number of cyclic esters (lactones) is 1. The fourth-order valence-corrected chi connectivity index (χ4v) is 3.79. The Morgan fingerprint density at radius 2 is 1.22 bits per heavy atom. The van der Waals surface area contributed by atoms with Crippen molar-refractivity contribution in [2.75, 3.05) is 46.0 Å². The summed E-state index contributed by atoms with van der Waals surface area (Å²) in [5.41, 5.74) is -12.4. The van der Waals surface area contributed by atoms with Gasteiger partial charge in [-0.3, -0.25) is 0 Å². The molecule has 2 fully saturated rings. The molecular formula is C10H14F6N2O7S2. The Kier molecular flexibility index (Phi) is 7.12. The summed E-state index contributed by atoms with van der Waals surface area (Å²) in [7, 11) is -13.4. The molecule has 0 aromatic heterocycles. The molecule has 0 aliphatic carbocycles. The zero-order chi connectivity index (χ0) is 21.1. The largest absolute Gasteiger partial charge is 0.480 e. The number of alkyl halides is 6. The first kappa shape index (κ1) is 23.9. The number of sulfonamides is 2. The zero-order valence-electron chi connectivity index (χ0n) is 13.3. The minimum atomic E-state index is -6.72. The van der Waals surface area contributed by atoms with Gasteiger partial charge in [0.05, 0.1) is 13.2 Å². The van der Waals surface area contributed by atoms with Crippen LogP contribution in [0.5, 0.6) is 0 Å². The molecule has 1 spiro atoms. The van der Waals surface area contributed by atoms with Crippen molar-refractivity contribution in [3.05, 3.63) is 4.13 Å². The fourth-order valence-electron chi connectivity index (χ4n) is 2.08. The van der Waals surface area contributed by atoms with E-state index in [2.05, 4.69) is 0 Å². The Hall–Kier alpha value is -1.17. The van der Waals surface area contributed by atoms with E-state index in [0.717, 1.165) is 41.5 Å². The minimum absolute atomic E-state index is 0.0526. The van der Waals surface area contributed by atoms with E-state index < -0.39 is 31.1 Å². The molecule has 0 bridgehead atoms. The van der Waals surface area contributed by atoms with E-state index in [1.807, 2.05) is 0 Å². The molecule has 2 aliphatic heterocycles. The third-order valence-corrected chi connectivity index (χ3v) is 6.23. The molecule has 27 heavy (non-hydrogen) atoms. The van der Waals surface area contributed by atoms with Crippen molar-refractivity contribution < 1.29 is 61.9 Å². The van der Waals surface area contributed by atoms with Crippen LogP contribution in [0, 0.1) is 0 Å². The highest BCUT2D eigenvalue weighted by Crippen LogP contribution is 2.36. The van der Waals surface area contributed by atoms with Crippen LogP contribution in [0.2, 0.25) is 0 Å². The van der Waals surface area contributed by atoms with Gasteiger partial charge >= 0.3 is 17.0 Å². The van der Waals surface area contributed by atoms with E-state index in [9.17, 15) is 48.0 Å². The number of halogens is 6. The molecule has 160 valence electrons. The van der Waals surface area contributed by atoms with Crippen molar-refractivity contribution in [3.63, 3.8) is 0 Å². The third kappa shape index (κ3) is 6.44. The topological polar surface area (TPSA) is 118 Å². The first-order valence-electron chi connectivity index (χ1n) is 6.97. The van der Waals surface area contributed by atoms with Crippen LogP contribution < -0.4 is 0 Å². The first-order valence-corrected chi connectivity index (χ1v) is 9.85. The highest BCUT2D eigenvalue weighted by Gasteiger charge is 2.47. The molecule has 2 rings (SSSR count). The summed E-state index contributed by atoms with van der Waals surface area (Å²) in [6, 6.07) is 0. The Morgan fingerprint density at radius 1 is 0.815 bits per heavy atom. The van der Waals surface area contributed by atoms with Gasteiger partial charge in [-0.1, -0.05) is 0 Å². The van der Waals surface area contributed by atoms with Gasteiger partial charge in [0, 0.05) is 0 Å². The lowest BCUT2D eigenvalue weighted by atomic mass is 10.2. The minimum Gasteiger partial charge on any atom is -0.456 e. The van der Waals surface area contributed by atoms with Crippen LogP contribution in [0.15, 0.2) is 0 Å². The highest BCUT2D eigenvalue weighted by molar-refractivity contribution is 8.13. The van der Waals surface area contributed by atoms with Crippen LogP contribution in [0.1, 0.15) is 0 Å². The molecule has 0 N–H and O–H groups in total. The van der Waals surface area contributed by atoms with Crippen LogP contribution >= 0.6 is 0 Å². The SMILES string of the molecule is O=C1C[N+]2(CCOCC2)CCO1.O=S(=O)([N-]S(=O)(=O)C(F)(F)F)C(F)(F)F. The second-order valence-corrected chi connectivity index (χ2v) is 8.84. The highest BCUT2D eigenvalue weighted by atomic mass is 32.3. The van der Waals surface area contributed by atoms with Gasteiger partial charge in [0.15, 0.2) is 26.6 Å². The molecular weight excluding hydrogens is 438 g/mol. The number of quaternary nitrogens is 1. The molecule has 2 heterocycles. The number of rotatable bonds is 2. The molecule has 0 unspecified atom stereocenters. The van der Waals surface area contributed by atoms with Crippen molar-refractivity contribution in [2.24, 2.45) is 0 Å². The molecule has 17 heteroatoms. The first-order chi connectivity index (χ1) is 12.0. The molecule has 2 saturated heterocycles. The summed E-state index contributed by atoms with van der Waals surface area (Å²) in [6.07, 6.45) is 0. The number of carbonyl (C=O) groups excluding carboxylic acids is 1. The van der Waals surface area contributed by atoms with Crippen molar-refractivity contribution in [1.29, 1.82) is 0 Å². The molecule has 0 aromatic rings. The van der Waals surface area contributed by atoms with E-state index in [-0.39, 0.29) is 5.97 Å². The number of ether oxygens (including phenoxy) is 2. The Morgan fingerprint density at radius 3 is 1.59 bits per heavy atom. The Labute approximate surface area is 149 Å². The molecule has 0 saturated carbocycles. The van der Waals surface area contributed by atoms with Crippen LogP contribution in [0.4, 0.5) is 26.3 Å². The summed E-state index contributed by atoms with van der Waals surface area (Å²) >= 11 is 0. The fraction of sp³-hybridized carbons (Fsp3) is 0.900. The second-order valence-electron chi connectivity index (χ2n) is 5.42. The van der Waals surface area contributed by atoms with Gasteiger partial charge in [-0.2, -0.15) is 26.3 Å². The van der Waals surface area contributed by atoms with Gasteiger partial charge in [0.1, 0.15) is 26.2 Å². The smallest absolute Gasteiger partial charge is 0.456 e. The maximum atomic E-state index is 11.4. The van der Waals surface area contributed by atoms with E-state index in [4.69, 9.17) is 9.47 Å². The van der Waals surface area contributed by atoms with Crippen molar-refractivity contribution >= 4 is 26.0 Å². The summed E-state index contributed by atoms with van der Waals surface area (Å²) in [4.78, 5) is 11.1. The summed E-state index contributed by atoms with van der Waals surface area (Å²) in [5, 5.41) is 0. The zero-order valence-corrected chi connectivity index (χ0v) is 14.9. The van der Waals surface area contributed by atoms with E-state index >= 15 is 0 Å². The number of nitrogens with zero attached hydrogens (tertiary/aromatic N) is 2. The maximum absolute atomic E-state index is 11.4. The standard InChI is InChI=1S/C8H14NO3.C2F6NO4S2/c10-8-7-9(3-6-12-8)1-4-11-5-2-9;3-1(4,5)14(10,11)9-15(12,13)2(6,7)8/h1-7H2;/q+1;-1. The Balaban J connectivity index is 0.000000274. The third-order valence-electron chi connectivity index (χ3n) is 3.49. The number of esters is 1. The average Bonchev–Trinajstić information content (AvgIpc) is 2.45. The van der Waals surface area contributed by atoms with E-state index in [1.165, 1.54) is 0 Å². The lowest BCUT2D eigenvalue weighted by Crippen LogP contribution is -2.61. The predicted octanol–water partition coefficient (Wildman–Crippen LogP) is 0.450. The summed E-state index contributed by atoms with van der Waals surface area (Å²) in [6.45, 7) is 5.60. The van der Waals surface area contributed by atoms with Crippen LogP contribution in [0.25, 0.3) is 4.13 Å². The second kappa shape index (κ2) is 8.06. The lowest BCUT2D eigenvalue weighted by molar-refractivity contribution is -0.932. The van der Waals surface area contributed by atoms with Crippen molar-refractivity contribution in [3.8, 4) is 0 Å². The Bertz CT molecular complexity index is 693. The summed E-state index contributed by atoms with van der Waals surface area (Å²) < 4.78 is 120. The van der Waals surface area contributed by atoms with Crippen molar-refractivity contribution in [2.45, 2.75) is 11.0 Å². The lowest BCUT2D eigenvalue weighted by Gasteiger charge is -2.42.